The maximum Gasteiger partial charge on any atom is 0.341 e. The molecule has 2 aliphatic carbocycles. The second-order valence-corrected chi connectivity index (χ2v) is 6.64. The van der Waals surface area contributed by atoms with Gasteiger partial charge in [0.2, 0.25) is 0 Å². The Morgan fingerprint density at radius 1 is 1.15 bits per heavy atom. The van der Waals surface area contributed by atoms with Crippen LogP contribution in [0.15, 0.2) is 0 Å². The summed E-state index contributed by atoms with van der Waals surface area (Å²) in [6.07, 6.45) is 11.0. The van der Waals surface area contributed by atoms with Gasteiger partial charge in [-0.15, -0.1) is 0 Å². The van der Waals surface area contributed by atoms with E-state index in [1.807, 2.05) is 6.92 Å². The largest absolute Gasteiger partial charge is 0.457 e. The van der Waals surface area contributed by atoms with Crippen molar-refractivity contribution in [1.29, 1.82) is 0 Å². The molecule has 0 bridgehead atoms. The van der Waals surface area contributed by atoms with Crippen LogP contribution in [0.2, 0.25) is 0 Å². The van der Waals surface area contributed by atoms with Gasteiger partial charge in [0.05, 0.1) is 0 Å². The molecule has 0 aromatic rings. The third kappa shape index (κ3) is 3.73. The highest BCUT2D eigenvalue weighted by molar-refractivity contribution is 5.75. The van der Waals surface area contributed by atoms with Gasteiger partial charge < -0.3 is 4.74 Å². The molecule has 116 valence electrons. The zero-order chi connectivity index (χ0) is 14.4. The minimum atomic E-state index is -1.43. The number of carbonyl (C=O) groups excluding carboxylic acids is 1. The van der Waals surface area contributed by atoms with Crippen LogP contribution >= 0.6 is 0 Å². The van der Waals surface area contributed by atoms with Crippen molar-refractivity contribution in [2.45, 2.75) is 95.7 Å². The predicted octanol–water partition coefficient (Wildman–Crippen LogP) is 4.95. The molecule has 3 heteroatoms. The fraction of sp³-hybridized carbons (Fsp3) is 0.941. The van der Waals surface area contributed by atoms with E-state index in [9.17, 15) is 9.18 Å². The van der Waals surface area contributed by atoms with Crippen molar-refractivity contribution in [2.75, 3.05) is 0 Å². The van der Waals surface area contributed by atoms with Gasteiger partial charge >= 0.3 is 5.97 Å². The lowest BCUT2D eigenvalue weighted by molar-refractivity contribution is -0.179. The van der Waals surface area contributed by atoms with Gasteiger partial charge in [0.25, 0.3) is 0 Å². The molecule has 2 aliphatic rings. The maximum atomic E-state index is 13.8. The normalized spacial score (nSPS) is 25.1. The van der Waals surface area contributed by atoms with Gasteiger partial charge in [-0.1, -0.05) is 39.0 Å². The summed E-state index contributed by atoms with van der Waals surface area (Å²) in [7, 11) is 0. The van der Waals surface area contributed by atoms with Crippen LogP contribution in [0.3, 0.4) is 0 Å². The molecule has 2 rings (SSSR count). The Morgan fingerprint density at radius 2 is 1.75 bits per heavy atom. The molecule has 0 radical (unpaired) electrons. The minimum Gasteiger partial charge on any atom is -0.457 e. The summed E-state index contributed by atoms with van der Waals surface area (Å²) in [5, 5.41) is 0. The summed E-state index contributed by atoms with van der Waals surface area (Å²) in [4.78, 5) is 12.1. The third-order valence-corrected chi connectivity index (χ3v) is 5.15. The molecule has 0 N–H and O–H groups in total. The Bertz CT molecular complexity index is 304. The van der Waals surface area contributed by atoms with Crippen molar-refractivity contribution in [2.24, 2.45) is 5.92 Å². The number of hydrogen-bond donors (Lipinski definition) is 0. The molecule has 0 amide bonds. The molecule has 2 nitrogen and oxygen atoms in total. The van der Waals surface area contributed by atoms with Gasteiger partial charge in [-0.25, -0.2) is 9.18 Å². The topological polar surface area (TPSA) is 26.3 Å². The number of ether oxygens (including phenoxy) is 1. The van der Waals surface area contributed by atoms with Gasteiger partial charge in [-0.2, -0.15) is 0 Å². The molecule has 0 aliphatic heterocycles. The molecule has 0 spiro atoms. The van der Waals surface area contributed by atoms with E-state index in [2.05, 4.69) is 0 Å². The molecule has 2 fully saturated rings. The molecule has 1 atom stereocenters. The maximum absolute atomic E-state index is 13.8. The zero-order valence-corrected chi connectivity index (χ0v) is 12.8. The Balaban J connectivity index is 2.04. The molecule has 2 saturated carbocycles. The van der Waals surface area contributed by atoms with Crippen LogP contribution in [0, 0.1) is 5.92 Å². The van der Waals surface area contributed by atoms with Crippen LogP contribution in [0.4, 0.5) is 4.39 Å². The number of carbonyl (C=O) groups is 1. The van der Waals surface area contributed by atoms with E-state index in [1.165, 1.54) is 25.7 Å². The van der Waals surface area contributed by atoms with Gasteiger partial charge in [-0.3, -0.25) is 0 Å². The second-order valence-electron chi connectivity index (χ2n) is 6.64. The molecule has 0 aromatic heterocycles. The summed E-state index contributed by atoms with van der Waals surface area (Å²) in [5.41, 5.74) is -0.339. The Morgan fingerprint density at radius 3 is 2.35 bits per heavy atom. The Hall–Kier alpha value is -0.600. The lowest BCUT2D eigenvalue weighted by atomic mass is 9.69. The Labute approximate surface area is 122 Å². The van der Waals surface area contributed by atoms with E-state index in [1.54, 1.807) is 0 Å². The molecule has 0 saturated heterocycles. The van der Waals surface area contributed by atoms with E-state index < -0.39 is 12.1 Å². The fourth-order valence-corrected chi connectivity index (χ4v) is 4.01. The SMILES string of the molecule is CCC[C@H](F)C(=O)OC1(C2CCCCC2)CCCCC1. The molecule has 0 aromatic carbocycles. The summed E-state index contributed by atoms with van der Waals surface area (Å²) >= 11 is 0. The van der Waals surface area contributed by atoms with Crippen molar-refractivity contribution < 1.29 is 13.9 Å². The minimum absolute atomic E-state index is 0.291. The highest BCUT2D eigenvalue weighted by atomic mass is 19.1. The van der Waals surface area contributed by atoms with Gasteiger partial charge in [0.15, 0.2) is 6.17 Å². The first kappa shape index (κ1) is 15.8. The van der Waals surface area contributed by atoms with Crippen molar-refractivity contribution in [1.82, 2.24) is 0 Å². The average Bonchev–Trinajstić information content (AvgIpc) is 2.49. The molecular weight excluding hydrogens is 255 g/mol. The van der Waals surface area contributed by atoms with Crippen LogP contribution in [0.25, 0.3) is 0 Å². The monoisotopic (exact) mass is 284 g/mol. The van der Waals surface area contributed by atoms with Crippen LogP contribution < -0.4 is 0 Å². The first-order chi connectivity index (χ1) is 9.68. The standard InChI is InChI=1S/C17H29FO2/c1-2-9-15(18)16(19)20-17(12-7-4-8-13-17)14-10-5-3-6-11-14/h14-15H,2-13H2,1H3/t15-/m0/s1. The number of hydrogen-bond acceptors (Lipinski definition) is 2. The first-order valence-electron chi connectivity index (χ1n) is 8.55. The van der Waals surface area contributed by atoms with Gasteiger partial charge in [0.1, 0.15) is 5.60 Å². The van der Waals surface area contributed by atoms with Crippen molar-refractivity contribution >= 4 is 5.97 Å². The summed E-state index contributed by atoms with van der Waals surface area (Å²) in [5.74, 6) is -0.131. The Kier molecular flexibility index (Phi) is 5.86. The van der Waals surface area contributed by atoms with Crippen molar-refractivity contribution in [3.05, 3.63) is 0 Å². The highest BCUT2D eigenvalue weighted by Crippen LogP contribution is 2.44. The van der Waals surface area contributed by atoms with Crippen LogP contribution in [0.1, 0.15) is 84.0 Å². The number of rotatable bonds is 5. The summed E-state index contributed by atoms with van der Waals surface area (Å²) in [6.45, 7) is 1.90. The summed E-state index contributed by atoms with van der Waals surface area (Å²) in [6, 6.07) is 0. The summed E-state index contributed by atoms with van der Waals surface area (Å²) < 4.78 is 19.6. The zero-order valence-electron chi connectivity index (χ0n) is 12.8. The lowest BCUT2D eigenvalue weighted by Gasteiger charge is -2.44. The van der Waals surface area contributed by atoms with Crippen LogP contribution in [-0.4, -0.2) is 17.7 Å². The first-order valence-corrected chi connectivity index (χ1v) is 8.55. The van der Waals surface area contributed by atoms with Crippen molar-refractivity contribution in [3.8, 4) is 0 Å². The lowest BCUT2D eigenvalue weighted by Crippen LogP contribution is -2.46. The smallest absolute Gasteiger partial charge is 0.341 e. The van der Waals surface area contributed by atoms with Crippen LogP contribution in [-0.2, 0) is 9.53 Å². The molecule has 0 heterocycles. The van der Waals surface area contributed by atoms with Crippen molar-refractivity contribution in [3.63, 3.8) is 0 Å². The highest BCUT2D eigenvalue weighted by Gasteiger charge is 2.44. The number of alkyl halides is 1. The average molecular weight is 284 g/mol. The van der Waals surface area contributed by atoms with E-state index in [0.29, 0.717) is 18.8 Å². The second kappa shape index (κ2) is 7.42. The van der Waals surface area contributed by atoms with Gasteiger partial charge in [0, 0.05) is 0 Å². The van der Waals surface area contributed by atoms with E-state index in [4.69, 9.17) is 4.74 Å². The third-order valence-electron chi connectivity index (χ3n) is 5.15. The van der Waals surface area contributed by atoms with E-state index in [0.717, 1.165) is 38.5 Å². The van der Waals surface area contributed by atoms with E-state index >= 15 is 0 Å². The van der Waals surface area contributed by atoms with E-state index in [-0.39, 0.29) is 5.60 Å². The quantitative estimate of drug-likeness (QED) is 0.668. The fourth-order valence-electron chi connectivity index (χ4n) is 4.01. The molecule has 20 heavy (non-hydrogen) atoms. The number of halogens is 1. The van der Waals surface area contributed by atoms with Gasteiger partial charge in [-0.05, 0) is 50.9 Å². The van der Waals surface area contributed by atoms with Crippen LogP contribution in [0.5, 0.6) is 0 Å². The number of esters is 1. The molecule has 0 unspecified atom stereocenters. The predicted molar refractivity (Wildman–Crippen MR) is 78.3 cm³/mol. The molecular formula is C17H29FO2.